The Morgan fingerprint density at radius 3 is 2.83 bits per heavy atom. The van der Waals surface area contributed by atoms with E-state index in [1.165, 1.54) is 25.3 Å². The predicted octanol–water partition coefficient (Wildman–Crippen LogP) is 1.89. The number of nitro groups is 1. The SMILES string of the molecule is COC(=O)CSc1nnc(NC(=O)Cc2ccccc2[N+](=O)[O-])s1. The van der Waals surface area contributed by atoms with Crippen LogP contribution in [0.1, 0.15) is 5.56 Å². The molecule has 11 heteroatoms. The van der Waals surface area contributed by atoms with Crippen molar-refractivity contribution in [2.24, 2.45) is 0 Å². The van der Waals surface area contributed by atoms with Gasteiger partial charge in [-0.25, -0.2) is 0 Å². The smallest absolute Gasteiger partial charge is 0.316 e. The number of nitrogens with zero attached hydrogens (tertiary/aromatic N) is 3. The molecule has 0 saturated heterocycles. The summed E-state index contributed by atoms with van der Waals surface area (Å²) < 4.78 is 5.01. The Balaban J connectivity index is 1.95. The first-order chi connectivity index (χ1) is 11.5. The Kier molecular flexibility index (Phi) is 6.21. The molecule has 1 heterocycles. The van der Waals surface area contributed by atoms with Gasteiger partial charge in [0.25, 0.3) is 5.69 Å². The van der Waals surface area contributed by atoms with Crippen molar-refractivity contribution in [2.75, 3.05) is 18.2 Å². The molecule has 1 amide bonds. The molecule has 0 aliphatic heterocycles. The molecule has 0 aliphatic carbocycles. The molecule has 2 aromatic rings. The van der Waals surface area contributed by atoms with Crippen molar-refractivity contribution >= 4 is 45.8 Å². The Bertz CT molecular complexity index is 764. The van der Waals surface area contributed by atoms with Crippen LogP contribution in [0.2, 0.25) is 0 Å². The van der Waals surface area contributed by atoms with Crippen LogP contribution in [0.3, 0.4) is 0 Å². The average Bonchev–Trinajstić information content (AvgIpc) is 3.00. The number of carbonyl (C=O) groups is 2. The third-order valence-electron chi connectivity index (χ3n) is 2.73. The van der Waals surface area contributed by atoms with Crippen molar-refractivity contribution < 1.29 is 19.2 Å². The molecule has 0 unspecified atom stereocenters. The molecule has 0 fully saturated rings. The third-order valence-corrected chi connectivity index (χ3v) is 4.68. The highest BCUT2D eigenvalue weighted by molar-refractivity contribution is 8.01. The summed E-state index contributed by atoms with van der Waals surface area (Å²) in [7, 11) is 1.29. The van der Waals surface area contributed by atoms with Crippen molar-refractivity contribution in [3.8, 4) is 0 Å². The van der Waals surface area contributed by atoms with E-state index in [0.717, 1.165) is 23.1 Å². The lowest BCUT2D eigenvalue weighted by Gasteiger charge is -2.02. The third kappa shape index (κ3) is 4.99. The number of hydrogen-bond acceptors (Lipinski definition) is 9. The van der Waals surface area contributed by atoms with E-state index in [4.69, 9.17) is 0 Å². The van der Waals surface area contributed by atoms with Gasteiger partial charge in [0.2, 0.25) is 11.0 Å². The first-order valence-electron chi connectivity index (χ1n) is 6.55. The highest BCUT2D eigenvalue weighted by atomic mass is 32.2. The lowest BCUT2D eigenvalue weighted by atomic mass is 10.1. The van der Waals surface area contributed by atoms with Crippen LogP contribution < -0.4 is 5.32 Å². The molecule has 0 aliphatic rings. The maximum absolute atomic E-state index is 12.0. The Morgan fingerprint density at radius 2 is 2.12 bits per heavy atom. The molecule has 0 radical (unpaired) electrons. The number of nitro benzene ring substituents is 1. The molecule has 126 valence electrons. The minimum absolute atomic E-state index is 0.0925. The first-order valence-corrected chi connectivity index (χ1v) is 8.35. The zero-order chi connectivity index (χ0) is 17.5. The summed E-state index contributed by atoms with van der Waals surface area (Å²) >= 11 is 2.24. The number of hydrogen-bond donors (Lipinski definition) is 1. The van der Waals surface area contributed by atoms with E-state index in [9.17, 15) is 19.7 Å². The quantitative estimate of drug-likeness (QED) is 0.258. The number of anilines is 1. The summed E-state index contributed by atoms with van der Waals surface area (Å²) in [5, 5.41) is 21.3. The van der Waals surface area contributed by atoms with Crippen LogP contribution in [0, 0.1) is 10.1 Å². The number of amides is 1. The first kappa shape index (κ1) is 17.8. The van der Waals surface area contributed by atoms with E-state index in [0.29, 0.717) is 9.90 Å². The van der Waals surface area contributed by atoms with Gasteiger partial charge in [-0.1, -0.05) is 41.3 Å². The van der Waals surface area contributed by atoms with Crippen molar-refractivity contribution in [3.05, 3.63) is 39.9 Å². The normalized spacial score (nSPS) is 10.2. The molecule has 24 heavy (non-hydrogen) atoms. The van der Waals surface area contributed by atoms with Gasteiger partial charge in [-0.3, -0.25) is 19.7 Å². The molecule has 2 rings (SSSR count). The Hall–Kier alpha value is -2.53. The molecule has 1 aromatic carbocycles. The number of thioether (sulfide) groups is 1. The second-order valence-corrected chi connectivity index (χ2v) is 6.55. The number of nitrogens with one attached hydrogen (secondary N) is 1. The minimum atomic E-state index is -0.533. The largest absolute Gasteiger partial charge is 0.468 e. The number of carbonyl (C=O) groups excluding carboxylic acids is 2. The standard InChI is InChI=1S/C13H12N4O5S2/c1-22-11(19)7-23-13-16-15-12(24-13)14-10(18)6-8-4-2-3-5-9(8)17(20)21/h2-5H,6-7H2,1H3,(H,14,15,18). The number of esters is 1. The van der Waals surface area contributed by atoms with Gasteiger partial charge in [-0.05, 0) is 0 Å². The molecular weight excluding hydrogens is 356 g/mol. The summed E-state index contributed by atoms with van der Waals surface area (Å²) in [5.41, 5.74) is 0.198. The fourth-order valence-electron chi connectivity index (χ4n) is 1.67. The molecule has 0 saturated carbocycles. The molecule has 1 N–H and O–H groups in total. The van der Waals surface area contributed by atoms with Gasteiger partial charge >= 0.3 is 5.97 Å². The van der Waals surface area contributed by atoms with Crippen LogP contribution in [0.5, 0.6) is 0 Å². The zero-order valence-corrected chi connectivity index (χ0v) is 14.1. The van der Waals surface area contributed by atoms with Gasteiger partial charge in [0.15, 0.2) is 4.34 Å². The zero-order valence-electron chi connectivity index (χ0n) is 12.4. The number of para-hydroxylation sites is 1. The maximum Gasteiger partial charge on any atom is 0.316 e. The summed E-state index contributed by atoms with van der Waals surface area (Å²) in [5.74, 6) is -0.739. The van der Waals surface area contributed by atoms with Gasteiger partial charge < -0.3 is 10.1 Å². The summed E-state index contributed by atoms with van der Waals surface area (Å²) in [6, 6.07) is 6.03. The minimum Gasteiger partial charge on any atom is -0.468 e. The molecule has 0 bridgehead atoms. The van der Waals surface area contributed by atoms with Crippen molar-refractivity contribution in [1.29, 1.82) is 0 Å². The van der Waals surface area contributed by atoms with Crippen molar-refractivity contribution in [3.63, 3.8) is 0 Å². The lowest BCUT2D eigenvalue weighted by Crippen LogP contribution is -2.15. The van der Waals surface area contributed by atoms with Gasteiger partial charge in [-0.2, -0.15) is 0 Å². The summed E-state index contributed by atoms with van der Waals surface area (Å²) in [6.45, 7) is 0. The van der Waals surface area contributed by atoms with Crippen LogP contribution in [0.4, 0.5) is 10.8 Å². The van der Waals surface area contributed by atoms with Crippen molar-refractivity contribution in [1.82, 2.24) is 10.2 Å². The molecule has 1 aromatic heterocycles. The van der Waals surface area contributed by atoms with Gasteiger partial charge in [0.05, 0.1) is 24.2 Å². The Morgan fingerprint density at radius 1 is 1.38 bits per heavy atom. The average molecular weight is 368 g/mol. The van der Waals surface area contributed by atoms with Crippen LogP contribution in [-0.4, -0.2) is 39.9 Å². The number of aromatic nitrogens is 2. The summed E-state index contributed by atoms with van der Waals surface area (Å²) in [6.07, 6.45) is -0.151. The lowest BCUT2D eigenvalue weighted by molar-refractivity contribution is -0.385. The van der Waals surface area contributed by atoms with E-state index in [-0.39, 0.29) is 23.0 Å². The molecule has 0 spiro atoms. The summed E-state index contributed by atoms with van der Waals surface area (Å²) in [4.78, 5) is 33.4. The Labute approximate surface area is 144 Å². The van der Waals surface area contributed by atoms with Crippen LogP contribution in [0.25, 0.3) is 0 Å². The fraction of sp³-hybridized carbons (Fsp3) is 0.231. The predicted molar refractivity (Wildman–Crippen MR) is 88.1 cm³/mol. The van der Waals surface area contributed by atoms with Crippen molar-refractivity contribution in [2.45, 2.75) is 10.8 Å². The van der Waals surface area contributed by atoms with Crippen LogP contribution >= 0.6 is 23.1 Å². The number of rotatable bonds is 7. The van der Waals surface area contributed by atoms with Gasteiger partial charge in [-0.15, -0.1) is 10.2 Å². The monoisotopic (exact) mass is 368 g/mol. The van der Waals surface area contributed by atoms with E-state index in [1.807, 2.05) is 0 Å². The topological polar surface area (TPSA) is 124 Å². The van der Waals surface area contributed by atoms with E-state index < -0.39 is 16.8 Å². The number of ether oxygens (including phenoxy) is 1. The van der Waals surface area contributed by atoms with Crippen LogP contribution in [-0.2, 0) is 20.7 Å². The molecule has 0 atom stereocenters. The van der Waals surface area contributed by atoms with E-state index >= 15 is 0 Å². The number of methoxy groups -OCH3 is 1. The maximum atomic E-state index is 12.0. The van der Waals surface area contributed by atoms with Gasteiger partial charge in [0.1, 0.15) is 0 Å². The number of benzene rings is 1. The highest BCUT2D eigenvalue weighted by Crippen LogP contribution is 2.26. The van der Waals surface area contributed by atoms with E-state index in [1.54, 1.807) is 6.07 Å². The molecular formula is C13H12N4O5S2. The second-order valence-electron chi connectivity index (χ2n) is 4.35. The second kappa shape index (κ2) is 8.36. The van der Waals surface area contributed by atoms with Gasteiger partial charge in [0, 0.05) is 11.6 Å². The van der Waals surface area contributed by atoms with Crippen LogP contribution in [0.15, 0.2) is 28.6 Å². The highest BCUT2D eigenvalue weighted by Gasteiger charge is 2.17. The molecule has 9 nitrogen and oxygen atoms in total. The van der Waals surface area contributed by atoms with E-state index in [2.05, 4.69) is 20.3 Å². The fourth-order valence-corrected chi connectivity index (χ4v) is 3.27.